The van der Waals surface area contributed by atoms with Gasteiger partial charge in [0, 0.05) is 29.9 Å². The third-order valence-electron chi connectivity index (χ3n) is 3.65. The highest BCUT2D eigenvalue weighted by Gasteiger charge is 2.23. The van der Waals surface area contributed by atoms with Crippen molar-refractivity contribution >= 4 is 0 Å². The van der Waals surface area contributed by atoms with Crippen molar-refractivity contribution in [2.24, 2.45) is 0 Å². The molecule has 2 rings (SSSR count). The summed E-state index contributed by atoms with van der Waals surface area (Å²) >= 11 is 0. The third kappa shape index (κ3) is 2.71. The summed E-state index contributed by atoms with van der Waals surface area (Å²) in [6.45, 7) is 12.1. The molecule has 17 heavy (non-hydrogen) atoms. The first-order valence-electron chi connectivity index (χ1n) is 6.79. The lowest BCUT2D eigenvalue weighted by molar-refractivity contribution is 0.514. The Hall–Kier alpha value is -0.830. The van der Waals surface area contributed by atoms with E-state index in [4.69, 9.17) is 0 Å². The topological polar surface area (TPSA) is 29.9 Å². The largest absolute Gasteiger partial charge is 0.313 e. The standard InChI is InChI=1S/C14H25N3/c1-9(2)17-12(5)14(11(4)16-17)10(3)8-15-13-6-7-13/h9-10,13,15H,6-8H2,1-5H3. The van der Waals surface area contributed by atoms with E-state index in [1.54, 1.807) is 0 Å². The molecule has 1 atom stereocenters. The number of aryl methyl sites for hydroxylation is 1. The van der Waals surface area contributed by atoms with Gasteiger partial charge >= 0.3 is 0 Å². The molecule has 0 radical (unpaired) electrons. The Morgan fingerprint density at radius 2 is 1.94 bits per heavy atom. The quantitative estimate of drug-likeness (QED) is 0.850. The van der Waals surface area contributed by atoms with Gasteiger partial charge in [-0.2, -0.15) is 5.10 Å². The van der Waals surface area contributed by atoms with E-state index in [-0.39, 0.29) is 0 Å². The van der Waals surface area contributed by atoms with Crippen molar-refractivity contribution in [3.63, 3.8) is 0 Å². The van der Waals surface area contributed by atoms with Gasteiger partial charge in [0.2, 0.25) is 0 Å². The highest BCUT2D eigenvalue weighted by molar-refractivity contribution is 5.29. The monoisotopic (exact) mass is 235 g/mol. The van der Waals surface area contributed by atoms with Crippen LogP contribution in [0.2, 0.25) is 0 Å². The summed E-state index contributed by atoms with van der Waals surface area (Å²) in [6.07, 6.45) is 2.71. The van der Waals surface area contributed by atoms with E-state index in [0.29, 0.717) is 12.0 Å². The average Bonchev–Trinajstić information content (AvgIpc) is 3.01. The molecule has 1 aliphatic rings. The van der Waals surface area contributed by atoms with Gasteiger partial charge < -0.3 is 5.32 Å². The van der Waals surface area contributed by atoms with Gasteiger partial charge in [-0.1, -0.05) is 6.92 Å². The molecule has 1 unspecified atom stereocenters. The Morgan fingerprint density at radius 1 is 1.29 bits per heavy atom. The van der Waals surface area contributed by atoms with Crippen molar-refractivity contribution in [3.05, 3.63) is 17.0 Å². The van der Waals surface area contributed by atoms with Gasteiger partial charge in [0.1, 0.15) is 0 Å². The molecule has 1 heterocycles. The fourth-order valence-electron chi connectivity index (χ4n) is 2.62. The predicted molar refractivity (Wildman–Crippen MR) is 71.5 cm³/mol. The maximum absolute atomic E-state index is 4.66. The second-order valence-electron chi connectivity index (χ2n) is 5.71. The van der Waals surface area contributed by atoms with Crippen LogP contribution in [-0.2, 0) is 0 Å². The summed E-state index contributed by atoms with van der Waals surface area (Å²) in [5.41, 5.74) is 3.97. The lowest BCUT2D eigenvalue weighted by Crippen LogP contribution is -2.22. The Bertz CT molecular complexity index is 388. The normalized spacial score (nSPS) is 17.8. The van der Waals surface area contributed by atoms with Crippen molar-refractivity contribution in [2.45, 2.75) is 65.5 Å². The van der Waals surface area contributed by atoms with Gasteiger partial charge in [0.25, 0.3) is 0 Å². The van der Waals surface area contributed by atoms with Crippen LogP contribution in [0.5, 0.6) is 0 Å². The Labute approximate surface area is 105 Å². The summed E-state index contributed by atoms with van der Waals surface area (Å²) in [4.78, 5) is 0. The number of rotatable bonds is 5. The van der Waals surface area contributed by atoms with Crippen LogP contribution in [0.25, 0.3) is 0 Å². The zero-order valence-electron chi connectivity index (χ0n) is 11.7. The third-order valence-corrected chi connectivity index (χ3v) is 3.65. The number of aromatic nitrogens is 2. The van der Waals surface area contributed by atoms with Crippen molar-refractivity contribution in [1.29, 1.82) is 0 Å². The molecule has 3 heteroatoms. The van der Waals surface area contributed by atoms with E-state index in [2.05, 4.69) is 49.7 Å². The molecular formula is C14H25N3. The number of nitrogens with zero attached hydrogens (tertiary/aromatic N) is 2. The molecule has 96 valence electrons. The van der Waals surface area contributed by atoms with Gasteiger partial charge in [-0.05, 0) is 46.5 Å². The van der Waals surface area contributed by atoms with Crippen LogP contribution in [0.3, 0.4) is 0 Å². The van der Waals surface area contributed by atoms with Crippen molar-refractivity contribution in [2.75, 3.05) is 6.54 Å². The zero-order chi connectivity index (χ0) is 12.6. The molecule has 3 nitrogen and oxygen atoms in total. The van der Waals surface area contributed by atoms with Crippen LogP contribution in [0, 0.1) is 13.8 Å². The van der Waals surface area contributed by atoms with Crippen molar-refractivity contribution in [1.82, 2.24) is 15.1 Å². The van der Waals surface area contributed by atoms with Gasteiger partial charge in [0.15, 0.2) is 0 Å². The Kier molecular flexibility index (Phi) is 3.57. The highest BCUT2D eigenvalue weighted by Crippen LogP contribution is 2.26. The fraction of sp³-hybridized carbons (Fsp3) is 0.786. The first-order chi connectivity index (χ1) is 8.00. The van der Waals surface area contributed by atoms with Crippen LogP contribution >= 0.6 is 0 Å². The molecule has 1 fully saturated rings. The molecule has 0 bridgehead atoms. The lowest BCUT2D eigenvalue weighted by atomic mass is 9.99. The number of hydrogen-bond acceptors (Lipinski definition) is 2. The molecule has 1 saturated carbocycles. The molecule has 1 aliphatic carbocycles. The molecular weight excluding hydrogens is 210 g/mol. The predicted octanol–water partition coefficient (Wildman–Crippen LogP) is 2.94. The molecule has 0 saturated heterocycles. The number of nitrogens with one attached hydrogen (secondary N) is 1. The van der Waals surface area contributed by atoms with Gasteiger partial charge in [0.05, 0.1) is 5.69 Å². The minimum atomic E-state index is 0.450. The minimum absolute atomic E-state index is 0.450. The first kappa shape index (κ1) is 12.6. The van der Waals surface area contributed by atoms with E-state index in [9.17, 15) is 0 Å². The summed E-state index contributed by atoms with van der Waals surface area (Å²) in [6, 6.07) is 1.24. The fourth-order valence-corrected chi connectivity index (χ4v) is 2.62. The van der Waals surface area contributed by atoms with E-state index < -0.39 is 0 Å². The van der Waals surface area contributed by atoms with Crippen LogP contribution in [0.4, 0.5) is 0 Å². The summed E-state index contributed by atoms with van der Waals surface area (Å²) in [5.74, 6) is 0.558. The first-order valence-corrected chi connectivity index (χ1v) is 6.79. The lowest BCUT2D eigenvalue weighted by Gasteiger charge is -2.14. The van der Waals surface area contributed by atoms with Gasteiger partial charge in [-0.25, -0.2) is 0 Å². The summed E-state index contributed by atoms with van der Waals surface area (Å²) < 4.78 is 2.15. The maximum Gasteiger partial charge on any atom is 0.0631 e. The highest BCUT2D eigenvalue weighted by atomic mass is 15.3. The van der Waals surface area contributed by atoms with Crippen LogP contribution in [-0.4, -0.2) is 22.4 Å². The maximum atomic E-state index is 4.66. The molecule has 1 N–H and O–H groups in total. The molecule has 1 aromatic heterocycles. The van der Waals surface area contributed by atoms with Crippen molar-refractivity contribution in [3.8, 4) is 0 Å². The molecule has 1 aromatic rings. The Morgan fingerprint density at radius 3 is 2.41 bits per heavy atom. The minimum Gasteiger partial charge on any atom is -0.313 e. The summed E-state index contributed by atoms with van der Waals surface area (Å²) in [5, 5.41) is 8.27. The van der Waals surface area contributed by atoms with E-state index >= 15 is 0 Å². The van der Waals surface area contributed by atoms with Crippen LogP contribution in [0.1, 0.15) is 62.5 Å². The van der Waals surface area contributed by atoms with Crippen molar-refractivity contribution < 1.29 is 0 Å². The van der Waals surface area contributed by atoms with E-state index in [1.165, 1.54) is 29.8 Å². The van der Waals surface area contributed by atoms with E-state index in [0.717, 1.165) is 12.6 Å². The van der Waals surface area contributed by atoms with Crippen LogP contribution < -0.4 is 5.32 Å². The smallest absolute Gasteiger partial charge is 0.0631 e. The number of hydrogen-bond donors (Lipinski definition) is 1. The molecule has 0 amide bonds. The molecule has 0 spiro atoms. The molecule has 0 aliphatic heterocycles. The Balaban J connectivity index is 2.12. The second-order valence-corrected chi connectivity index (χ2v) is 5.71. The summed E-state index contributed by atoms with van der Waals surface area (Å²) in [7, 11) is 0. The van der Waals surface area contributed by atoms with Gasteiger partial charge in [-0.3, -0.25) is 4.68 Å². The van der Waals surface area contributed by atoms with Crippen LogP contribution in [0.15, 0.2) is 0 Å². The average molecular weight is 235 g/mol. The van der Waals surface area contributed by atoms with E-state index in [1.807, 2.05) is 0 Å². The second kappa shape index (κ2) is 4.81. The SMILES string of the molecule is Cc1nn(C(C)C)c(C)c1C(C)CNC1CC1. The molecule has 0 aromatic carbocycles. The zero-order valence-corrected chi connectivity index (χ0v) is 11.7. The van der Waals surface area contributed by atoms with Gasteiger partial charge in [-0.15, -0.1) is 0 Å².